The highest BCUT2D eigenvalue weighted by atomic mass is 16.3. The highest BCUT2D eigenvalue weighted by molar-refractivity contribution is 5.91. The normalized spacial score (nSPS) is 11.1. The van der Waals surface area contributed by atoms with Gasteiger partial charge >= 0.3 is 0 Å². The summed E-state index contributed by atoms with van der Waals surface area (Å²) in [5.74, 6) is 0.935. The number of aromatic nitrogens is 1. The first-order valence-electron chi connectivity index (χ1n) is 11.9. The van der Waals surface area contributed by atoms with Gasteiger partial charge in [0.2, 0.25) is 0 Å². The number of aryl methyl sites for hydroxylation is 2. The van der Waals surface area contributed by atoms with Crippen LogP contribution in [0.25, 0.3) is 55.8 Å². The summed E-state index contributed by atoms with van der Waals surface area (Å²) in [7, 11) is 0. The van der Waals surface area contributed by atoms with E-state index in [4.69, 9.17) is 9.40 Å². The molecule has 0 atom stereocenters. The van der Waals surface area contributed by atoms with Crippen LogP contribution >= 0.6 is 0 Å². The van der Waals surface area contributed by atoms with E-state index in [2.05, 4.69) is 98.8 Å². The van der Waals surface area contributed by atoms with Crippen molar-refractivity contribution in [1.82, 2.24) is 4.98 Å². The standard InChI is InChI=1S/C33H25NO/c1-22-18-31(34-21-30(22)24-10-5-3-6-11-24)28-15-9-14-26(19-28)27-16-17-32-29(20-27)23(2)33(35-32)25-12-7-4-8-13-25/h3-21H,1-2H3. The SMILES string of the molecule is Cc1cc(-c2cccc(-c3ccc4oc(-c5ccccc5)c(C)c4c3)c2)ncc1-c1ccccc1. The Labute approximate surface area is 205 Å². The second kappa shape index (κ2) is 8.73. The smallest absolute Gasteiger partial charge is 0.138 e. The van der Waals surface area contributed by atoms with Crippen LogP contribution in [0.2, 0.25) is 0 Å². The van der Waals surface area contributed by atoms with E-state index < -0.39 is 0 Å². The van der Waals surface area contributed by atoms with Crippen molar-refractivity contribution in [3.05, 3.63) is 127 Å². The molecule has 2 nitrogen and oxygen atoms in total. The number of rotatable bonds is 4. The van der Waals surface area contributed by atoms with Gasteiger partial charge in [-0.05, 0) is 60.4 Å². The third kappa shape index (κ3) is 3.94. The minimum Gasteiger partial charge on any atom is -0.456 e. The molecule has 2 heterocycles. The summed E-state index contributed by atoms with van der Waals surface area (Å²) in [5.41, 5.74) is 11.2. The third-order valence-corrected chi connectivity index (χ3v) is 6.66. The van der Waals surface area contributed by atoms with Gasteiger partial charge in [0.1, 0.15) is 11.3 Å². The van der Waals surface area contributed by atoms with Crippen LogP contribution in [0, 0.1) is 13.8 Å². The molecule has 2 aromatic heterocycles. The van der Waals surface area contributed by atoms with Crippen LogP contribution in [-0.4, -0.2) is 4.98 Å². The Morgan fingerprint density at radius 1 is 0.571 bits per heavy atom. The lowest BCUT2D eigenvalue weighted by molar-refractivity contribution is 0.629. The van der Waals surface area contributed by atoms with Gasteiger partial charge in [-0.25, -0.2) is 0 Å². The fourth-order valence-corrected chi connectivity index (χ4v) is 4.76. The largest absolute Gasteiger partial charge is 0.456 e. The van der Waals surface area contributed by atoms with E-state index in [0.29, 0.717) is 0 Å². The molecule has 2 heteroatoms. The second-order valence-electron chi connectivity index (χ2n) is 8.96. The number of benzene rings is 4. The Bertz CT molecular complexity index is 1650. The maximum atomic E-state index is 6.22. The zero-order valence-electron chi connectivity index (χ0n) is 19.8. The highest BCUT2D eigenvalue weighted by Gasteiger charge is 2.14. The van der Waals surface area contributed by atoms with Gasteiger partial charge in [0.05, 0.1) is 5.69 Å². The van der Waals surface area contributed by atoms with Crippen molar-refractivity contribution in [3.8, 4) is 44.8 Å². The number of hydrogen-bond donors (Lipinski definition) is 0. The summed E-state index contributed by atoms with van der Waals surface area (Å²) in [4.78, 5) is 4.81. The fraction of sp³-hybridized carbons (Fsp3) is 0.0606. The average molecular weight is 452 g/mol. The van der Waals surface area contributed by atoms with Crippen LogP contribution < -0.4 is 0 Å². The number of fused-ring (bicyclic) bond motifs is 1. The summed E-state index contributed by atoms with van der Waals surface area (Å²) in [6, 6.07) is 37.9. The van der Waals surface area contributed by atoms with E-state index in [1.54, 1.807) is 0 Å². The monoisotopic (exact) mass is 451 g/mol. The van der Waals surface area contributed by atoms with E-state index in [1.165, 1.54) is 22.3 Å². The molecule has 168 valence electrons. The molecular weight excluding hydrogens is 426 g/mol. The molecule has 0 aliphatic heterocycles. The van der Waals surface area contributed by atoms with Crippen molar-refractivity contribution in [2.24, 2.45) is 0 Å². The summed E-state index contributed by atoms with van der Waals surface area (Å²) in [5, 5.41) is 1.15. The number of furan rings is 1. The van der Waals surface area contributed by atoms with E-state index in [9.17, 15) is 0 Å². The zero-order chi connectivity index (χ0) is 23.8. The maximum Gasteiger partial charge on any atom is 0.138 e. The molecule has 35 heavy (non-hydrogen) atoms. The zero-order valence-corrected chi connectivity index (χ0v) is 19.8. The molecule has 0 amide bonds. The van der Waals surface area contributed by atoms with Crippen molar-refractivity contribution in [1.29, 1.82) is 0 Å². The van der Waals surface area contributed by atoms with Crippen LogP contribution in [0.3, 0.4) is 0 Å². The number of hydrogen-bond acceptors (Lipinski definition) is 2. The Hall–Kier alpha value is -4.43. The molecule has 0 aliphatic carbocycles. The molecule has 0 unspecified atom stereocenters. The molecule has 4 aromatic carbocycles. The molecule has 0 saturated carbocycles. The molecule has 0 radical (unpaired) electrons. The van der Waals surface area contributed by atoms with Crippen LogP contribution in [0.5, 0.6) is 0 Å². The third-order valence-electron chi connectivity index (χ3n) is 6.66. The summed E-state index contributed by atoms with van der Waals surface area (Å²) >= 11 is 0. The molecule has 6 aromatic rings. The van der Waals surface area contributed by atoms with Gasteiger partial charge in [-0.3, -0.25) is 4.98 Å². The van der Waals surface area contributed by atoms with Crippen LogP contribution in [0.15, 0.2) is 120 Å². The van der Waals surface area contributed by atoms with Crippen molar-refractivity contribution >= 4 is 11.0 Å². The average Bonchev–Trinajstić information content (AvgIpc) is 3.25. The van der Waals surface area contributed by atoms with Gasteiger partial charge in [0.15, 0.2) is 0 Å². The van der Waals surface area contributed by atoms with Gasteiger partial charge in [-0.1, -0.05) is 84.9 Å². The van der Waals surface area contributed by atoms with Gasteiger partial charge in [0, 0.05) is 33.8 Å². The predicted molar refractivity (Wildman–Crippen MR) is 145 cm³/mol. The Morgan fingerprint density at radius 3 is 1.97 bits per heavy atom. The number of pyridine rings is 1. The Morgan fingerprint density at radius 2 is 1.23 bits per heavy atom. The van der Waals surface area contributed by atoms with E-state index in [-0.39, 0.29) is 0 Å². The lowest BCUT2D eigenvalue weighted by atomic mass is 9.97. The summed E-state index contributed by atoms with van der Waals surface area (Å²) < 4.78 is 6.22. The second-order valence-corrected chi connectivity index (χ2v) is 8.96. The predicted octanol–water partition coefficient (Wildman–Crippen LogP) is 9.11. The molecule has 0 saturated heterocycles. The van der Waals surface area contributed by atoms with Gasteiger partial charge in [-0.15, -0.1) is 0 Å². The van der Waals surface area contributed by atoms with Gasteiger partial charge in [0.25, 0.3) is 0 Å². The van der Waals surface area contributed by atoms with Crippen molar-refractivity contribution in [3.63, 3.8) is 0 Å². The van der Waals surface area contributed by atoms with E-state index in [1.807, 2.05) is 30.5 Å². The summed E-state index contributed by atoms with van der Waals surface area (Å²) in [6.07, 6.45) is 1.98. The first-order valence-corrected chi connectivity index (χ1v) is 11.9. The maximum absolute atomic E-state index is 6.22. The van der Waals surface area contributed by atoms with Crippen LogP contribution in [0.1, 0.15) is 11.1 Å². The quantitative estimate of drug-likeness (QED) is 0.267. The molecule has 0 bridgehead atoms. The van der Waals surface area contributed by atoms with Gasteiger partial charge in [-0.2, -0.15) is 0 Å². The topological polar surface area (TPSA) is 26.0 Å². The molecule has 0 N–H and O–H groups in total. The lowest BCUT2D eigenvalue weighted by Crippen LogP contribution is -1.90. The van der Waals surface area contributed by atoms with Crippen LogP contribution in [-0.2, 0) is 0 Å². The summed E-state index contributed by atoms with van der Waals surface area (Å²) in [6.45, 7) is 4.28. The van der Waals surface area contributed by atoms with Crippen molar-refractivity contribution in [2.75, 3.05) is 0 Å². The Kier molecular flexibility index (Phi) is 5.27. The first-order chi connectivity index (χ1) is 17.2. The van der Waals surface area contributed by atoms with Crippen molar-refractivity contribution < 1.29 is 4.42 Å². The molecule has 0 fully saturated rings. The van der Waals surface area contributed by atoms with E-state index in [0.717, 1.165) is 44.7 Å². The molecule has 0 aliphatic rings. The van der Waals surface area contributed by atoms with Crippen molar-refractivity contribution in [2.45, 2.75) is 13.8 Å². The lowest BCUT2D eigenvalue weighted by Gasteiger charge is -2.10. The number of nitrogens with zero attached hydrogens (tertiary/aromatic N) is 1. The fourth-order valence-electron chi connectivity index (χ4n) is 4.76. The molecular formula is C33H25NO. The minimum atomic E-state index is 0.912. The van der Waals surface area contributed by atoms with Gasteiger partial charge < -0.3 is 4.42 Å². The Balaban J connectivity index is 1.37. The minimum absolute atomic E-state index is 0.912. The molecule has 6 rings (SSSR count). The molecule has 0 spiro atoms. The van der Waals surface area contributed by atoms with E-state index >= 15 is 0 Å². The first kappa shape index (κ1) is 21.1. The van der Waals surface area contributed by atoms with Crippen LogP contribution in [0.4, 0.5) is 0 Å². The highest BCUT2D eigenvalue weighted by Crippen LogP contribution is 2.36.